The summed E-state index contributed by atoms with van der Waals surface area (Å²) in [6.07, 6.45) is 8.46. The van der Waals surface area contributed by atoms with Crippen LogP contribution < -0.4 is 18.9 Å². The van der Waals surface area contributed by atoms with Gasteiger partial charge in [0.25, 0.3) is 0 Å². The molecule has 34 heavy (non-hydrogen) atoms. The lowest BCUT2D eigenvalue weighted by molar-refractivity contribution is -0.119. The molecule has 2 aliphatic rings. The van der Waals surface area contributed by atoms with Crippen molar-refractivity contribution >= 4 is 28.3 Å². The highest BCUT2D eigenvalue weighted by molar-refractivity contribution is 6.31. The van der Waals surface area contributed by atoms with Gasteiger partial charge in [0.15, 0.2) is 11.5 Å². The summed E-state index contributed by atoms with van der Waals surface area (Å²) in [4.78, 5) is 21.3. The van der Waals surface area contributed by atoms with Crippen molar-refractivity contribution in [2.45, 2.75) is 44.9 Å². The summed E-state index contributed by atoms with van der Waals surface area (Å²) in [6, 6.07) is 7.13. The van der Waals surface area contributed by atoms with Crippen LogP contribution in [0.15, 0.2) is 30.6 Å². The molecule has 5 rings (SSSR count). The summed E-state index contributed by atoms with van der Waals surface area (Å²) < 4.78 is 23.2. The monoisotopic (exact) mass is 482 g/mol. The van der Waals surface area contributed by atoms with Gasteiger partial charge in [0.2, 0.25) is 11.6 Å². The van der Waals surface area contributed by atoms with Crippen molar-refractivity contribution < 1.29 is 23.7 Å². The largest absolute Gasteiger partial charge is 0.493 e. The Labute approximate surface area is 203 Å². The van der Waals surface area contributed by atoms with E-state index in [1.54, 1.807) is 25.3 Å². The van der Waals surface area contributed by atoms with E-state index in [1.807, 2.05) is 6.07 Å². The minimum atomic E-state index is 0.238. The van der Waals surface area contributed by atoms with E-state index < -0.39 is 0 Å². The Hall–Kier alpha value is -3.06. The third kappa shape index (κ3) is 4.75. The number of fused-ring (bicyclic) bond motifs is 3. The van der Waals surface area contributed by atoms with Gasteiger partial charge in [-0.3, -0.25) is 4.79 Å². The lowest BCUT2D eigenvalue weighted by Gasteiger charge is -2.22. The Kier molecular flexibility index (Phi) is 6.72. The van der Waals surface area contributed by atoms with E-state index in [1.165, 1.54) is 25.6 Å². The lowest BCUT2D eigenvalue weighted by Crippen LogP contribution is -2.16. The van der Waals surface area contributed by atoms with Gasteiger partial charge >= 0.3 is 0 Å². The zero-order valence-corrected chi connectivity index (χ0v) is 19.9. The van der Waals surface area contributed by atoms with Gasteiger partial charge in [-0.25, -0.2) is 9.97 Å². The first-order chi connectivity index (χ1) is 16.6. The molecule has 0 atom stereocenters. The molecule has 0 amide bonds. The normalized spacial score (nSPS) is 15.8. The molecule has 1 fully saturated rings. The average molecular weight is 483 g/mol. The maximum Gasteiger partial charge on any atom is 0.234 e. The fraction of sp³-hybridized carbons (Fsp3) is 0.423. The minimum Gasteiger partial charge on any atom is -0.493 e. The first-order valence-corrected chi connectivity index (χ1v) is 12.1. The summed E-state index contributed by atoms with van der Waals surface area (Å²) >= 11 is 6.53. The Morgan fingerprint density at radius 1 is 1.09 bits per heavy atom. The third-order valence-corrected chi connectivity index (χ3v) is 6.78. The number of carbonyl (C=O) groups is 1. The van der Waals surface area contributed by atoms with Gasteiger partial charge in [-0.1, -0.05) is 49.8 Å². The molecule has 178 valence electrons. The van der Waals surface area contributed by atoms with Crippen LogP contribution in [0.4, 0.5) is 0 Å². The lowest BCUT2D eigenvalue weighted by atomic mass is 9.85. The smallest absolute Gasteiger partial charge is 0.234 e. The van der Waals surface area contributed by atoms with Crippen molar-refractivity contribution in [3.8, 4) is 28.9 Å². The van der Waals surface area contributed by atoms with Crippen LogP contribution in [0, 0.1) is 5.92 Å². The van der Waals surface area contributed by atoms with E-state index in [0.29, 0.717) is 76.8 Å². The number of nitrogens with zero attached hydrogens (tertiary/aromatic N) is 2. The number of aromatic nitrogens is 2. The molecule has 3 aromatic rings. The fourth-order valence-electron chi connectivity index (χ4n) is 4.76. The Morgan fingerprint density at radius 2 is 1.88 bits per heavy atom. The van der Waals surface area contributed by atoms with E-state index in [9.17, 15) is 4.79 Å². The highest BCUT2D eigenvalue weighted by atomic mass is 35.5. The van der Waals surface area contributed by atoms with E-state index >= 15 is 0 Å². The van der Waals surface area contributed by atoms with E-state index in [0.717, 1.165) is 18.4 Å². The van der Waals surface area contributed by atoms with Crippen LogP contribution in [0.5, 0.6) is 28.9 Å². The Bertz CT molecular complexity index is 1210. The van der Waals surface area contributed by atoms with Crippen LogP contribution in [0.2, 0.25) is 5.02 Å². The second-order valence-corrected chi connectivity index (χ2v) is 9.19. The first kappa shape index (κ1) is 22.7. The van der Waals surface area contributed by atoms with Crippen LogP contribution in [0.25, 0.3) is 10.9 Å². The van der Waals surface area contributed by atoms with Crippen molar-refractivity contribution in [2.24, 2.45) is 5.92 Å². The predicted octanol–water partition coefficient (Wildman–Crippen LogP) is 5.94. The molecule has 1 aliphatic carbocycles. The number of ether oxygens (including phenoxy) is 4. The quantitative estimate of drug-likeness (QED) is 0.412. The number of methoxy groups -OCH3 is 1. The van der Waals surface area contributed by atoms with Crippen LogP contribution >= 0.6 is 11.6 Å². The number of carbonyl (C=O) groups excluding carboxylic acids is 1. The number of rotatable bonds is 7. The number of Topliss-reactive ketones (excluding diaryl/α,β-unsaturated/α-hetero) is 1. The van der Waals surface area contributed by atoms with Gasteiger partial charge < -0.3 is 18.9 Å². The van der Waals surface area contributed by atoms with Crippen molar-refractivity contribution in [1.29, 1.82) is 0 Å². The molecule has 1 aromatic heterocycles. The van der Waals surface area contributed by atoms with Gasteiger partial charge in [-0.2, -0.15) is 0 Å². The SMILES string of the molecule is COc1cc2ncnc(Oc3ccc(CC(=O)CC4CCCCC4)c(Cl)c3)c2c2c1OCCO2. The van der Waals surface area contributed by atoms with Gasteiger partial charge in [0.05, 0.1) is 12.6 Å². The minimum absolute atomic E-state index is 0.238. The van der Waals surface area contributed by atoms with Gasteiger partial charge in [0.1, 0.15) is 36.5 Å². The topological polar surface area (TPSA) is 79.8 Å². The highest BCUT2D eigenvalue weighted by Gasteiger charge is 2.25. The fourth-order valence-corrected chi connectivity index (χ4v) is 4.99. The molecule has 0 spiro atoms. The van der Waals surface area contributed by atoms with Crippen LogP contribution in [0.1, 0.15) is 44.1 Å². The molecule has 8 heteroatoms. The number of halogens is 1. The molecular weight excluding hydrogens is 456 g/mol. The van der Waals surface area contributed by atoms with Crippen LogP contribution in [-0.4, -0.2) is 36.1 Å². The molecule has 0 bridgehead atoms. The summed E-state index contributed by atoms with van der Waals surface area (Å²) in [5.74, 6) is 3.13. The van der Waals surface area contributed by atoms with Crippen molar-refractivity contribution in [3.05, 3.63) is 41.2 Å². The second kappa shape index (κ2) is 10.1. The number of hydrogen-bond donors (Lipinski definition) is 0. The van der Waals surface area contributed by atoms with Crippen molar-refractivity contribution in [2.75, 3.05) is 20.3 Å². The summed E-state index contributed by atoms with van der Waals surface area (Å²) in [7, 11) is 1.57. The Balaban J connectivity index is 1.37. The predicted molar refractivity (Wildman–Crippen MR) is 129 cm³/mol. The molecule has 7 nitrogen and oxygen atoms in total. The molecule has 1 saturated carbocycles. The van der Waals surface area contributed by atoms with E-state index in [4.69, 9.17) is 30.5 Å². The summed E-state index contributed by atoms with van der Waals surface area (Å²) in [5.41, 5.74) is 1.42. The van der Waals surface area contributed by atoms with E-state index in [-0.39, 0.29) is 5.78 Å². The maximum atomic E-state index is 12.6. The maximum absolute atomic E-state index is 12.6. The third-order valence-electron chi connectivity index (χ3n) is 6.43. The van der Waals surface area contributed by atoms with E-state index in [2.05, 4.69) is 9.97 Å². The Morgan fingerprint density at radius 3 is 2.65 bits per heavy atom. The number of benzene rings is 2. The van der Waals surface area contributed by atoms with Crippen LogP contribution in [0.3, 0.4) is 0 Å². The second-order valence-electron chi connectivity index (χ2n) is 8.79. The molecular formula is C26H27ClN2O5. The molecule has 1 aliphatic heterocycles. The summed E-state index contributed by atoms with van der Waals surface area (Å²) in [6.45, 7) is 0.828. The van der Waals surface area contributed by atoms with Gasteiger partial charge in [0, 0.05) is 23.9 Å². The number of hydrogen-bond acceptors (Lipinski definition) is 7. The molecule has 0 saturated heterocycles. The molecule has 0 radical (unpaired) electrons. The summed E-state index contributed by atoms with van der Waals surface area (Å²) in [5, 5.41) is 1.09. The molecule has 2 aromatic carbocycles. The van der Waals surface area contributed by atoms with Gasteiger partial charge in [-0.15, -0.1) is 0 Å². The standard InChI is InChI=1S/C26H27ClN2O5/c1-31-22-14-21-23(25-24(22)32-9-10-33-25)26(29-15-28-21)34-19-8-7-17(20(27)13-19)12-18(30)11-16-5-3-2-4-6-16/h7-8,13-16H,2-6,9-12H2,1H3. The van der Waals surface area contributed by atoms with Crippen LogP contribution in [-0.2, 0) is 11.2 Å². The molecule has 0 N–H and O–H groups in total. The average Bonchev–Trinajstić information content (AvgIpc) is 2.86. The molecule has 0 unspecified atom stereocenters. The van der Waals surface area contributed by atoms with Gasteiger partial charge in [-0.05, 0) is 23.6 Å². The zero-order chi connectivity index (χ0) is 23.5. The zero-order valence-electron chi connectivity index (χ0n) is 19.1. The van der Waals surface area contributed by atoms with Crippen molar-refractivity contribution in [1.82, 2.24) is 9.97 Å². The first-order valence-electron chi connectivity index (χ1n) is 11.7. The molecule has 2 heterocycles. The number of ketones is 1. The van der Waals surface area contributed by atoms with Crippen molar-refractivity contribution in [3.63, 3.8) is 0 Å². The highest BCUT2D eigenvalue weighted by Crippen LogP contribution is 2.47.